The summed E-state index contributed by atoms with van der Waals surface area (Å²) in [5, 5.41) is 17.2. The molecule has 0 saturated heterocycles. The second-order valence-electron chi connectivity index (χ2n) is 2.30. The fourth-order valence-electron chi connectivity index (χ4n) is 0.822. The van der Waals surface area contributed by atoms with E-state index in [1.807, 2.05) is 0 Å². The molecule has 1 rings (SSSR count). The van der Waals surface area contributed by atoms with Crippen LogP contribution in [0.5, 0.6) is 0 Å². The molecule has 0 aliphatic carbocycles. The maximum atomic E-state index is 10.5. The summed E-state index contributed by atoms with van der Waals surface area (Å²) in [6, 6.07) is 3.51. The number of aromatic carboxylic acids is 2. The summed E-state index contributed by atoms with van der Waals surface area (Å²) in [5.74, 6) is -2.42. The molecule has 13 heavy (non-hydrogen) atoms. The first-order chi connectivity index (χ1) is 6.02. The molecular formula is C8H5ClO4. The van der Waals surface area contributed by atoms with E-state index in [1.165, 1.54) is 12.1 Å². The van der Waals surface area contributed by atoms with Crippen molar-refractivity contribution in [2.75, 3.05) is 0 Å². The average Bonchev–Trinajstić information content (AvgIpc) is 2.04. The summed E-state index contributed by atoms with van der Waals surface area (Å²) in [4.78, 5) is 21.0. The fourth-order valence-corrected chi connectivity index (χ4v) is 1.02. The first-order valence-electron chi connectivity index (χ1n) is 3.28. The summed E-state index contributed by atoms with van der Waals surface area (Å²) < 4.78 is 0. The van der Waals surface area contributed by atoms with Crippen molar-refractivity contribution < 1.29 is 19.8 Å². The third-order valence-corrected chi connectivity index (χ3v) is 1.77. The Hall–Kier alpha value is -1.55. The van der Waals surface area contributed by atoms with Gasteiger partial charge in [0.2, 0.25) is 0 Å². The number of carboxylic acids is 2. The van der Waals surface area contributed by atoms with Gasteiger partial charge in [-0.05, 0) is 18.2 Å². The molecule has 0 unspecified atom stereocenters. The van der Waals surface area contributed by atoms with E-state index in [0.717, 1.165) is 6.07 Å². The molecule has 2 N–H and O–H groups in total. The summed E-state index contributed by atoms with van der Waals surface area (Å²) >= 11 is 5.52. The zero-order valence-corrected chi connectivity index (χ0v) is 7.08. The number of benzene rings is 1. The number of halogens is 1. The fraction of sp³-hybridized carbons (Fsp3) is 0. The van der Waals surface area contributed by atoms with Gasteiger partial charge in [-0.1, -0.05) is 11.6 Å². The van der Waals surface area contributed by atoms with Gasteiger partial charge in [-0.25, -0.2) is 9.59 Å². The molecule has 5 heteroatoms. The van der Waals surface area contributed by atoms with Crippen LogP contribution in [-0.2, 0) is 0 Å². The molecule has 0 bridgehead atoms. The van der Waals surface area contributed by atoms with Gasteiger partial charge < -0.3 is 10.2 Å². The number of hydrogen-bond acceptors (Lipinski definition) is 2. The van der Waals surface area contributed by atoms with E-state index in [9.17, 15) is 9.59 Å². The number of carboxylic acid groups (broad SMARTS) is 2. The maximum Gasteiger partial charge on any atom is 0.337 e. The summed E-state index contributed by atoms with van der Waals surface area (Å²) in [5.41, 5.74) is -0.302. The molecule has 0 fully saturated rings. The SMILES string of the molecule is O=C(O)c1ccc(Cl)c(C(=O)O)c1. The minimum absolute atomic E-state index is 0.0255. The van der Waals surface area contributed by atoms with Crippen molar-refractivity contribution in [2.45, 2.75) is 0 Å². The Labute approximate surface area is 78.4 Å². The number of rotatable bonds is 2. The third kappa shape index (κ3) is 1.97. The molecule has 0 amide bonds. The van der Waals surface area contributed by atoms with Gasteiger partial charge in [0.05, 0.1) is 16.1 Å². The van der Waals surface area contributed by atoms with E-state index in [-0.39, 0.29) is 16.1 Å². The van der Waals surface area contributed by atoms with Gasteiger partial charge in [-0.3, -0.25) is 0 Å². The van der Waals surface area contributed by atoms with Crippen LogP contribution in [0.15, 0.2) is 18.2 Å². The third-order valence-electron chi connectivity index (χ3n) is 1.44. The smallest absolute Gasteiger partial charge is 0.337 e. The standard InChI is InChI=1S/C8H5ClO4/c9-6-2-1-4(7(10)11)3-5(6)8(12)13/h1-3H,(H,10,11)(H,12,13). The average molecular weight is 201 g/mol. The Bertz CT molecular complexity index is 372. The predicted octanol–water partition coefficient (Wildman–Crippen LogP) is 1.74. The Morgan fingerprint density at radius 3 is 2.23 bits per heavy atom. The molecule has 0 aliphatic heterocycles. The summed E-state index contributed by atoms with van der Waals surface area (Å²) in [7, 11) is 0. The van der Waals surface area contributed by atoms with E-state index in [2.05, 4.69) is 0 Å². The minimum Gasteiger partial charge on any atom is -0.478 e. The highest BCUT2D eigenvalue weighted by Crippen LogP contribution is 2.17. The zero-order valence-electron chi connectivity index (χ0n) is 6.32. The van der Waals surface area contributed by atoms with Gasteiger partial charge in [0, 0.05) is 0 Å². The Morgan fingerprint density at radius 2 is 1.77 bits per heavy atom. The molecule has 0 spiro atoms. The van der Waals surface area contributed by atoms with E-state index in [1.54, 1.807) is 0 Å². The molecule has 68 valence electrons. The van der Waals surface area contributed by atoms with Crippen LogP contribution >= 0.6 is 11.6 Å². The van der Waals surface area contributed by atoms with Crippen molar-refractivity contribution in [1.82, 2.24) is 0 Å². The van der Waals surface area contributed by atoms with Crippen LogP contribution < -0.4 is 0 Å². The van der Waals surface area contributed by atoms with Gasteiger partial charge in [0.15, 0.2) is 0 Å². The van der Waals surface area contributed by atoms with Gasteiger partial charge >= 0.3 is 11.9 Å². The predicted molar refractivity (Wildman–Crippen MR) is 45.4 cm³/mol. The second kappa shape index (κ2) is 3.45. The first-order valence-corrected chi connectivity index (χ1v) is 3.66. The molecule has 1 aromatic carbocycles. The molecule has 0 radical (unpaired) electrons. The van der Waals surface area contributed by atoms with Crippen LogP contribution in [0.4, 0.5) is 0 Å². The van der Waals surface area contributed by atoms with E-state index in [4.69, 9.17) is 21.8 Å². The lowest BCUT2D eigenvalue weighted by molar-refractivity contribution is 0.0696. The minimum atomic E-state index is -1.24. The van der Waals surface area contributed by atoms with Crippen LogP contribution in [0.25, 0.3) is 0 Å². The van der Waals surface area contributed by atoms with Crippen LogP contribution in [0.1, 0.15) is 20.7 Å². The van der Waals surface area contributed by atoms with Crippen LogP contribution in [0, 0.1) is 0 Å². The molecule has 4 nitrogen and oxygen atoms in total. The second-order valence-corrected chi connectivity index (χ2v) is 2.71. The quantitative estimate of drug-likeness (QED) is 0.763. The highest BCUT2D eigenvalue weighted by molar-refractivity contribution is 6.33. The molecule has 0 heterocycles. The molecule has 0 aromatic heterocycles. The van der Waals surface area contributed by atoms with Crippen molar-refractivity contribution in [1.29, 1.82) is 0 Å². The lowest BCUT2D eigenvalue weighted by Crippen LogP contribution is -2.02. The monoisotopic (exact) mass is 200 g/mol. The van der Waals surface area contributed by atoms with E-state index in [0.29, 0.717) is 0 Å². The van der Waals surface area contributed by atoms with Gasteiger partial charge in [-0.2, -0.15) is 0 Å². The zero-order chi connectivity index (χ0) is 10.0. The lowest BCUT2D eigenvalue weighted by Gasteiger charge is -1.99. The highest BCUT2D eigenvalue weighted by atomic mass is 35.5. The topological polar surface area (TPSA) is 74.6 Å². The van der Waals surface area contributed by atoms with Crippen molar-refractivity contribution >= 4 is 23.5 Å². The Balaban J connectivity index is 3.27. The summed E-state index contributed by atoms with van der Waals surface area (Å²) in [6.07, 6.45) is 0. The normalized spacial score (nSPS) is 9.62. The van der Waals surface area contributed by atoms with Crippen LogP contribution in [0.2, 0.25) is 5.02 Å². The number of hydrogen-bond donors (Lipinski definition) is 2. The lowest BCUT2D eigenvalue weighted by atomic mass is 10.1. The van der Waals surface area contributed by atoms with E-state index >= 15 is 0 Å². The maximum absolute atomic E-state index is 10.5. The molecular weight excluding hydrogens is 196 g/mol. The molecule has 0 aliphatic rings. The van der Waals surface area contributed by atoms with Crippen LogP contribution in [-0.4, -0.2) is 22.2 Å². The highest BCUT2D eigenvalue weighted by Gasteiger charge is 2.11. The Kier molecular flexibility index (Phi) is 2.53. The van der Waals surface area contributed by atoms with Crippen LogP contribution in [0.3, 0.4) is 0 Å². The van der Waals surface area contributed by atoms with Crippen molar-refractivity contribution in [2.24, 2.45) is 0 Å². The van der Waals surface area contributed by atoms with Crippen molar-refractivity contribution in [3.8, 4) is 0 Å². The first kappa shape index (κ1) is 9.54. The molecule has 1 aromatic rings. The Morgan fingerprint density at radius 1 is 1.15 bits per heavy atom. The van der Waals surface area contributed by atoms with Gasteiger partial charge in [0.25, 0.3) is 0 Å². The van der Waals surface area contributed by atoms with Crippen molar-refractivity contribution in [3.05, 3.63) is 34.3 Å². The molecule has 0 atom stereocenters. The van der Waals surface area contributed by atoms with Gasteiger partial charge in [0.1, 0.15) is 0 Å². The molecule has 0 saturated carbocycles. The summed E-state index contributed by atoms with van der Waals surface area (Å²) in [6.45, 7) is 0. The number of carbonyl (C=O) groups is 2. The van der Waals surface area contributed by atoms with Gasteiger partial charge in [-0.15, -0.1) is 0 Å². The van der Waals surface area contributed by atoms with Crippen molar-refractivity contribution in [3.63, 3.8) is 0 Å². The largest absolute Gasteiger partial charge is 0.478 e. The van der Waals surface area contributed by atoms with E-state index < -0.39 is 11.9 Å².